The Labute approximate surface area is 176 Å². The van der Waals surface area contributed by atoms with Crippen LogP contribution in [-0.2, 0) is 12.0 Å². The number of benzene rings is 2. The van der Waals surface area contributed by atoms with Crippen LogP contribution in [0.25, 0.3) is 10.9 Å². The van der Waals surface area contributed by atoms with E-state index in [4.69, 9.17) is 9.47 Å². The number of hydrogen-bond donors (Lipinski definition) is 2. The molecule has 3 heterocycles. The van der Waals surface area contributed by atoms with E-state index in [1.54, 1.807) is 13.2 Å². The molecule has 0 amide bonds. The number of fused-ring (bicyclic) bond motifs is 4. The molecule has 0 bridgehead atoms. The Morgan fingerprint density at radius 2 is 2.13 bits per heavy atom. The van der Waals surface area contributed by atoms with Gasteiger partial charge in [-0.15, -0.1) is 0 Å². The van der Waals surface area contributed by atoms with Crippen LogP contribution in [0.5, 0.6) is 11.5 Å². The fourth-order valence-corrected chi connectivity index (χ4v) is 4.93. The third-order valence-corrected chi connectivity index (χ3v) is 6.45. The Balaban J connectivity index is 1.31. The standard InChI is InChI=1S/C24H26N4O2/c1-29-18-6-7-21-20(14-18)19-8-10-26-24(23(19)27-21)9-11-28(16-24)12-13-30-22-5-3-2-4-17(22)15-25/h2-7,14,26-27H,8-13,16H2,1H3. The lowest BCUT2D eigenvalue weighted by Gasteiger charge is -2.35. The molecule has 1 spiro atoms. The van der Waals surface area contributed by atoms with Gasteiger partial charge in [0.2, 0.25) is 0 Å². The number of para-hydroxylation sites is 1. The highest BCUT2D eigenvalue weighted by Crippen LogP contribution is 2.40. The number of nitriles is 1. The van der Waals surface area contributed by atoms with Crippen LogP contribution in [0, 0.1) is 11.3 Å². The van der Waals surface area contributed by atoms with Gasteiger partial charge < -0.3 is 19.8 Å². The van der Waals surface area contributed by atoms with E-state index in [-0.39, 0.29) is 5.54 Å². The fourth-order valence-electron chi connectivity index (χ4n) is 4.93. The van der Waals surface area contributed by atoms with Crippen molar-refractivity contribution in [3.63, 3.8) is 0 Å². The topological polar surface area (TPSA) is 73.3 Å². The van der Waals surface area contributed by atoms with Gasteiger partial charge in [0, 0.05) is 42.8 Å². The molecule has 1 fully saturated rings. The summed E-state index contributed by atoms with van der Waals surface area (Å²) in [6.07, 6.45) is 2.09. The minimum absolute atomic E-state index is 0.0373. The summed E-state index contributed by atoms with van der Waals surface area (Å²) in [5.74, 6) is 1.57. The van der Waals surface area contributed by atoms with Crippen LogP contribution in [0.1, 0.15) is 23.2 Å². The second-order valence-corrected chi connectivity index (χ2v) is 8.13. The lowest BCUT2D eigenvalue weighted by Crippen LogP contribution is -2.49. The van der Waals surface area contributed by atoms with Crippen LogP contribution in [0.2, 0.25) is 0 Å². The van der Waals surface area contributed by atoms with Gasteiger partial charge in [-0.05, 0) is 48.7 Å². The van der Waals surface area contributed by atoms with Crippen LogP contribution in [-0.4, -0.2) is 49.8 Å². The molecule has 0 saturated carbocycles. The Hall–Kier alpha value is -3.01. The van der Waals surface area contributed by atoms with Crippen molar-refractivity contribution in [1.29, 1.82) is 5.26 Å². The molecule has 1 atom stereocenters. The summed E-state index contributed by atoms with van der Waals surface area (Å²) < 4.78 is 11.3. The van der Waals surface area contributed by atoms with E-state index >= 15 is 0 Å². The van der Waals surface area contributed by atoms with Crippen molar-refractivity contribution in [2.75, 3.05) is 39.9 Å². The summed E-state index contributed by atoms with van der Waals surface area (Å²) in [5.41, 5.74) is 4.48. The second-order valence-electron chi connectivity index (χ2n) is 8.13. The summed E-state index contributed by atoms with van der Waals surface area (Å²) >= 11 is 0. The van der Waals surface area contributed by atoms with E-state index in [0.717, 1.165) is 44.8 Å². The number of nitrogens with one attached hydrogen (secondary N) is 2. The molecule has 0 radical (unpaired) electrons. The van der Waals surface area contributed by atoms with Gasteiger partial charge in [0.15, 0.2) is 0 Å². The molecular weight excluding hydrogens is 376 g/mol. The Morgan fingerprint density at radius 3 is 3.00 bits per heavy atom. The monoisotopic (exact) mass is 402 g/mol. The molecule has 6 nitrogen and oxygen atoms in total. The summed E-state index contributed by atoms with van der Waals surface area (Å²) in [6.45, 7) is 4.37. The fraction of sp³-hybridized carbons (Fsp3) is 0.375. The minimum atomic E-state index is -0.0373. The van der Waals surface area contributed by atoms with Crippen LogP contribution in [0.15, 0.2) is 42.5 Å². The van der Waals surface area contributed by atoms with Crippen LogP contribution in [0.3, 0.4) is 0 Å². The number of likely N-dealkylation sites (tertiary alicyclic amines) is 1. The third kappa shape index (κ3) is 3.20. The minimum Gasteiger partial charge on any atom is -0.497 e. The number of methoxy groups -OCH3 is 1. The first kappa shape index (κ1) is 19.0. The summed E-state index contributed by atoms with van der Waals surface area (Å²) in [5, 5.41) is 14.3. The van der Waals surface area contributed by atoms with Crippen molar-refractivity contribution in [3.05, 3.63) is 59.3 Å². The number of aromatic amines is 1. The Kier molecular flexibility index (Phi) is 4.86. The molecular formula is C24H26N4O2. The van der Waals surface area contributed by atoms with Crippen molar-refractivity contribution in [1.82, 2.24) is 15.2 Å². The summed E-state index contributed by atoms with van der Waals surface area (Å²) in [7, 11) is 1.72. The Morgan fingerprint density at radius 1 is 1.23 bits per heavy atom. The summed E-state index contributed by atoms with van der Waals surface area (Å²) in [4.78, 5) is 6.15. The van der Waals surface area contributed by atoms with Gasteiger partial charge in [0.05, 0.1) is 18.2 Å². The van der Waals surface area contributed by atoms with Gasteiger partial charge in [-0.1, -0.05) is 12.1 Å². The van der Waals surface area contributed by atoms with Crippen molar-refractivity contribution < 1.29 is 9.47 Å². The van der Waals surface area contributed by atoms with Gasteiger partial charge in [0.1, 0.15) is 24.2 Å². The lowest BCUT2D eigenvalue weighted by molar-refractivity contribution is 0.217. The highest BCUT2D eigenvalue weighted by Gasteiger charge is 2.43. The molecule has 5 rings (SSSR count). The smallest absolute Gasteiger partial charge is 0.137 e. The van der Waals surface area contributed by atoms with E-state index in [9.17, 15) is 5.26 Å². The normalized spacial score (nSPS) is 20.9. The number of hydrogen-bond acceptors (Lipinski definition) is 5. The van der Waals surface area contributed by atoms with Gasteiger partial charge in [-0.3, -0.25) is 4.90 Å². The zero-order valence-corrected chi connectivity index (χ0v) is 17.2. The van der Waals surface area contributed by atoms with Crippen LogP contribution < -0.4 is 14.8 Å². The van der Waals surface area contributed by atoms with Crippen molar-refractivity contribution in [3.8, 4) is 17.6 Å². The zero-order valence-electron chi connectivity index (χ0n) is 17.2. The largest absolute Gasteiger partial charge is 0.497 e. The average Bonchev–Trinajstić information content (AvgIpc) is 3.36. The van der Waals surface area contributed by atoms with Crippen molar-refractivity contribution >= 4 is 10.9 Å². The molecule has 6 heteroatoms. The molecule has 2 aliphatic heterocycles. The van der Waals surface area contributed by atoms with Crippen LogP contribution in [0.4, 0.5) is 0 Å². The third-order valence-electron chi connectivity index (χ3n) is 6.45. The summed E-state index contributed by atoms with van der Waals surface area (Å²) in [6, 6.07) is 15.9. The highest BCUT2D eigenvalue weighted by atomic mass is 16.5. The molecule has 2 aliphatic rings. The van der Waals surface area contributed by atoms with E-state index in [0.29, 0.717) is 17.9 Å². The predicted octanol–water partition coefficient (Wildman–Crippen LogP) is 3.17. The zero-order chi connectivity index (χ0) is 20.6. The first-order chi connectivity index (χ1) is 14.7. The van der Waals surface area contributed by atoms with Crippen molar-refractivity contribution in [2.24, 2.45) is 0 Å². The number of rotatable bonds is 5. The molecule has 1 saturated heterocycles. The predicted molar refractivity (Wildman–Crippen MR) is 116 cm³/mol. The van der Waals surface area contributed by atoms with Gasteiger partial charge in [0.25, 0.3) is 0 Å². The molecule has 3 aromatic rings. The lowest BCUT2D eigenvalue weighted by atomic mass is 9.86. The number of nitrogens with zero attached hydrogens (tertiary/aromatic N) is 2. The van der Waals surface area contributed by atoms with Gasteiger partial charge in [-0.25, -0.2) is 0 Å². The Bertz CT molecular complexity index is 1120. The van der Waals surface area contributed by atoms with Crippen LogP contribution >= 0.6 is 0 Å². The van der Waals surface area contributed by atoms with Gasteiger partial charge >= 0.3 is 0 Å². The molecule has 154 valence electrons. The van der Waals surface area contributed by atoms with E-state index in [1.165, 1.54) is 22.2 Å². The van der Waals surface area contributed by atoms with Gasteiger partial charge in [-0.2, -0.15) is 5.26 Å². The molecule has 1 aromatic heterocycles. The quantitative estimate of drug-likeness (QED) is 0.686. The molecule has 1 unspecified atom stereocenters. The maximum absolute atomic E-state index is 9.22. The van der Waals surface area contributed by atoms with E-state index < -0.39 is 0 Å². The number of ether oxygens (including phenoxy) is 2. The first-order valence-corrected chi connectivity index (χ1v) is 10.5. The SMILES string of the molecule is COc1ccc2[nH]c3c(c2c1)CCNC31CCN(CCOc2ccccc2C#N)C1. The highest BCUT2D eigenvalue weighted by molar-refractivity contribution is 5.86. The molecule has 2 aromatic carbocycles. The number of aromatic nitrogens is 1. The first-order valence-electron chi connectivity index (χ1n) is 10.5. The molecule has 30 heavy (non-hydrogen) atoms. The molecule has 0 aliphatic carbocycles. The second kappa shape index (κ2) is 7.67. The maximum atomic E-state index is 9.22. The molecule has 2 N–H and O–H groups in total. The average molecular weight is 402 g/mol. The maximum Gasteiger partial charge on any atom is 0.137 e. The number of H-pyrrole nitrogens is 1. The van der Waals surface area contributed by atoms with Crippen molar-refractivity contribution in [2.45, 2.75) is 18.4 Å². The van der Waals surface area contributed by atoms with E-state index in [2.05, 4.69) is 33.4 Å². The van der Waals surface area contributed by atoms with E-state index in [1.807, 2.05) is 24.3 Å².